The molecule has 0 aliphatic rings. The summed E-state index contributed by atoms with van der Waals surface area (Å²) in [6.45, 7) is 0. The number of rotatable bonds is 6. The van der Waals surface area contributed by atoms with Crippen LogP contribution in [0, 0.1) is 5.82 Å². The van der Waals surface area contributed by atoms with Gasteiger partial charge in [-0.3, -0.25) is 0 Å². The van der Waals surface area contributed by atoms with Gasteiger partial charge in [0.25, 0.3) is 0 Å². The van der Waals surface area contributed by atoms with Gasteiger partial charge in [-0.2, -0.15) is 0 Å². The summed E-state index contributed by atoms with van der Waals surface area (Å²) in [5, 5.41) is 4.52. The van der Waals surface area contributed by atoms with Gasteiger partial charge in [0.2, 0.25) is 0 Å². The molecule has 0 unspecified atom stereocenters. The van der Waals surface area contributed by atoms with Gasteiger partial charge in [0.15, 0.2) is 0 Å². The molecule has 0 bridgehead atoms. The Morgan fingerprint density at radius 3 is 1.46 bits per heavy atom. The van der Waals surface area contributed by atoms with Gasteiger partial charge in [-0.15, -0.1) is 0 Å². The first-order chi connectivity index (χ1) is 25.8. The van der Waals surface area contributed by atoms with E-state index in [1.807, 2.05) is 6.07 Å². The maximum absolute atomic E-state index is 14.8. The minimum atomic E-state index is -0.264. The molecule has 0 atom stereocenters. The van der Waals surface area contributed by atoms with Crippen molar-refractivity contribution in [1.82, 2.24) is 9.13 Å². The molecular formula is C48H32FN3. The van der Waals surface area contributed by atoms with Crippen molar-refractivity contribution in [2.75, 3.05) is 4.90 Å². The summed E-state index contributed by atoms with van der Waals surface area (Å²) in [5.41, 5.74) is 11.6. The normalized spacial score (nSPS) is 11.6. The first-order valence-corrected chi connectivity index (χ1v) is 17.6. The lowest BCUT2D eigenvalue weighted by molar-refractivity contribution is 0.627. The smallest absolute Gasteiger partial charge is 0.125 e. The van der Waals surface area contributed by atoms with Gasteiger partial charge in [0.05, 0.1) is 39.1 Å². The van der Waals surface area contributed by atoms with Gasteiger partial charge in [-0.25, -0.2) is 4.39 Å². The van der Waals surface area contributed by atoms with Crippen molar-refractivity contribution in [1.29, 1.82) is 0 Å². The number of para-hydroxylation sites is 4. The molecule has 8 aromatic carbocycles. The molecule has 0 aliphatic carbocycles. The van der Waals surface area contributed by atoms with Crippen LogP contribution >= 0.6 is 0 Å². The van der Waals surface area contributed by atoms with Crippen molar-refractivity contribution in [3.63, 3.8) is 0 Å². The number of fused-ring (bicyclic) bond motifs is 6. The molecule has 0 spiro atoms. The van der Waals surface area contributed by atoms with Crippen molar-refractivity contribution in [3.05, 3.63) is 200 Å². The molecule has 52 heavy (non-hydrogen) atoms. The van der Waals surface area contributed by atoms with E-state index in [2.05, 4.69) is 184 Å². The summed E-state index contributed by atoms with van der Waals surface area (Å²) in [6, 6.07) is 67.0. The Morgan fingerprint density at radius 1 is 0.365 bits per heavy atom. The molecule has 10 aromatic rings. The van der Waals surface area contributed by atoms with Crippen LogP contribution < -0.4 is 4.90 Å². The second-order valence-electron chi connectivity index (χ2n) is 13.1. The van der Waals surface area contributed by atoms with E-state index in [0.29, 0.717) is 0 Å². The first-order valence-electron chi connectivity index (χ1n) is 17.6. The summed E-state index contributed by atoms with van der Waals surface area (Å²) < 4.78 is 19.3. The van der Waals surface area contributed by atoms with Crippen LogP contribution in [0.3, 0.4) is 0 Å². The van der Waals surface area contributed by atoms with Gasteiger partial charge in [-0.1, -0.05) is 121 Å². The number of hydrogen-bond acceptors (Lipinski definition) is 1. The molecule has 0 fully saturated rings. The third-order valence-corrected chi connectivity index (χ3v) is 10.1. The van der Waals surface area contributed by atoms with Crippen LogP contribution in [0.5, 0.6) is 0 Å². The van der Waals surface area contributed by atoms with Crippen molar-refractivity contribution < 1.29 is 4.39 Å². The fourth-order valence-corrected chi connectivity index (χ4v) is 8.04. The molecule has 0 saturated carbocycles. The third-order valence-electron chi connectivity index (χ3n) is 10.1. The molecule has 0 aliphatic heterocycles. The fraction of sp³-hybridized carbons (Fsp3) is 0. The van der Waals surface area contributed by atoms with Crippen LogP contribution in [-0.2, 0) is 0 Å². The minimum absolute atomic E-state index is 0.264. The lowest BCUT2D eigenvalue weighted by atomic mass is 10.00. The van der Waals surface area contributed by atoms with Crippen molar-refractivity contribution >= 4 is 60.7 Å². The molecule has 0 N–H and O–H groups in total. The monoisotopic (exact) mass is 669 g/mol. The number of nitrogens with zero attached hydrogens (tertiary/aromatic N) is 3. The molecule has 0 amide bonds. The molecule has 0 radical (unpaired) electrons. The van der Waals surface area contributed by atoms with Gasteiger partial charge in [-0.05, 0) is 78.4 Å². The highest BCUT2D eigenvalue weighted by Crippen LogP contribution is 2.49. The molecule has 246 valence electrons. The summed E-state index contributed by atoms with van der Waals surface area (Å²) in [7, 11) is 0. The van der Waals surface area contributed by atoms with Gasteiger partial charge >= 0.3 is 0 Å². The highest BCUT2D eigenvalue weighted by atomic mass is 19.1. The fourth-order valence-electron chi connectivity index (χ4n) is 8.04. The predicted octanol–water partition coefficient (Wildman–Crippen LogP) is 13.2. The van der Waals surface area contributed by atoms with E-state index in [9.17, 15) is 4.39 Å². The van der Waals surface area contributed by atoms with Crippen molar-refractivity contribution in [3.8, 4) is 22.5 Å². The predicted molar refractivity (Wildman–Crippen MR) is 215 cm³/mol. The second kappa shape index (κ2) is 12.1. The van der Waals surface area contributed by atoms with E-state index in [0.717, 1.165) is 77.8 Å². The van der Waals surface area contributed by atoms with E-state index in [1.54, 1.807) is 12.1 Å². The molecule has 0 saturated heterocycles. The van der Waals surface area contributed by atoms with E-state index >= 15 is 0 Å². The average molecular weight is 670 g/mol. The Labute approximate surface area is 300 Å². The summed E-state index contributed by atoms with van der Waals surface area (Å²) in [5.74, 6) is -0.264. The van der Waals surface area contributed by atoms with Gasteiger partial charge in [0.1, 0.15) is 5.82 Å². The standard InChI is InChI=1S/C48H32FN3/c49-34-18-13-21-36(32-34)51-42-27-12-9-24-39(42)48-44(51)29-15-31-46(48)52(40-25-10-7-22-37(40)33-16-3-1-4-17-33)45-30-14-28-43-47(45)38-23-8-11-26-41(38)50(43)35-19-5-2-6-20-35/h1-32H. The Bertz CT molecular complexity index is 2920. The Hall–Kier alpha value is -6.91. The molecule has 10 rings (SSSR count). The van der Waals surface area contributed by atoms with E-state index in [1.165, 1.54) is 11.5 Å². The molecule has 3 nitrogen and oxygen atoms in total. The average Bonchev–Trinajstić information content (AvgIpc) is 3.73. The topological polar surface area (TPSA) is 13.1 Å². The number of hydrogen-bond donors (Lipinski definition) is 0. The Morgan fingerprint density at radius 2 is 0.827 bits per heavy atom. The van der Waals surface area contributed by atoms with Gasteiger partial charge in [0, 0.05) is 38.5 Å². The maximum Gasteiger partial charge on any atom is 0.125 e. The van der Waals surface area contributed by atoms with E-state index in [-0.39, 0.29) is 5.82 Å². The second-order valence-corrected chi connectivity index (χ2v) is 13.1. The van der Waals surface area contributed by atoms with Crippen LogP contribution in [-0.4, -0.2) is 9.13 Å². The summed E-state index contributed by atoms with van der Waals surface area (Å²) in [4.78, 5) is 2.44. The zero-order valence-electron chi connectivity index (χ0n) is 28.2. The third kappa shape index (κ3) is 4.65. The number of aromatic nitrogens is 2. The van der Waals surface area contributed by atoms with Crippen LogP contribution in [0.1, 0.15) is 0 Å². The van der Waals surface area contributed by atoms with Crippen LogP contribution in [0.25, 0.3) is 66.1 Å². The Balaban J connectivity index is 1.36. The zero-order valence-corrected chi connectivity index (χ0v) is 28.2. The maximum atomic E-state index is 14.8. The first kappa shape index (κ1) is 30.0. The van der Waals surface area contributed by atoms with Crippen LogP contribution in [0.15, 0.2) is 194 Å². The summed E-state index contributed by atoms with van der Waals surface area (Å²) >= 11 is 0. The number of anilines is 3. The lowest BCUT2D eigenvalue weighted by Crippen LogP contribution is -2.12. The largest absolute Gasteiger partial charge is 0.309 e. The van der Waals surface area contributed by atoms with E-state index in [4.69, 9.17) is 0 Å². The number of benzene rings is 8. The van der Waals surface area contributed by atoms with Crippen molar-refractivity contribution in [2.45, 2.75) is 0 Å². The molecule has 2 heterocycles. The quantitative estimate of drug-likeness (QED) is 0.172. The number of halogens is 1. The Kier molecular flexibility index (Phi) is 7.00. The highest BCUT2D eigenvalue weighted by molar-refractivity contribution is 6.21. The van der Waals surface area contributed by atoms with E-state index < -0.39 is 0 Å². The zero-order chi connectivity index (χ0) is 34.6. The van der Waals surface area contributed by atoms with Crippen LogP contribution in [0.4, 0.5) is 21.5 Å². The van der Waals surface area contributed by atoms with Crippen molar-refractivity contribution in [2.24, 2.45) is 0 Å². The van der Waals surface area contributed by atoms with Gasteiger partial charge < -0.3 is 14.0 Å². The summed E-state index contributed by atoms with van der Waals surface area (Å²) in [6.07, 6.45) is 0. The lowest BCUT2D eigenvalue weighted by Gasteiger charge is -2.29. The minimum Gasteiger partial charge on any atom is -0.309 e. The molecule has 4 heteroatoms. The van der Waals surface area contributed by atoms with Crippen LogP contribution in [0.2, 0.25) is 0 Å². The highest BCUT2D eigenvalue weighted by Gasteiger charge is 2.26. The molecular weight excluding hydrogens is 638 g/mol. The SMILES string of the molecule is Fc1cccc(-n2c3ccccc3c3c(N(c4ccccc4-c4ccccc4)c4cccc5c4c4ccccc4n5-c4ccccc4)cccc32)c1. The molecule has 2 aromatic heterocycles.